The van der Waals surface area contributed by atoms with Gasteiger partial charge in [0.1, 0.15) is 6.61 Å². The quantitative estimate of drug-likeness (QED) is 0.727. The molecule has 0 amide bonds. The first-order valence-electron chi connectivity index (χ1n) is 6.79. The van der Waals surface area contributed by atoms with Gasteiger partial charge in [0.05, 0.1) is 26.4 Å². The van der Waals surface area contributed by atoms with Gasteiger partial charge in [-0.3, -0.25) is 0 Å². The van der Waals surface area contributed by atoms with E-state index in [0.29, 0.717) is 24.0 Å². The summed E-state index contributed by atoms with van der Waals surface area (Å²) in [6.07, 6.45) is 0. The molecule has 0 heterocycles. The molecule has 1 rings (SSSR count). The lowest BCUT2D eigenvalue weighted by molar-refractivity contribution is 0.171. The summed E-state index contributed by atoms with van der Waals surface area (Å²) in [6, 6.07) is 5.88. The van der Waals surface area contributed by atoms with Gasteiger partial charge in [-0.15, -0.1) is 0 Å². The molecule has 5 heteroatoms. The van der Waals surface area contributed by atoms with Crippen LogP contribution in [0.25, 0.3) is 0 Å². The maximum Gasteiger partial charge on any atom is 0.163 e. The van der Waals surface area contributed by atoms with Crippen LogP contribution in [0, 0.1) is 5.92 Å². The molecule has 0 aliphatic heterocycles. The number of ether oxygens (including phenoxy) is 3. The van der Waals surface area contributed by atoms with E-state index >= 15 is 0 Å². The monoisotopic (exact) mass is 283 g/mol. The predicted molar refractivity (Wildman–Crippen MR) is 79.7 cm³/mol. The fourth-order valence-corrected chi connectivity index (χ4v) is 1.83. The maximum absolute atomic E-state index is 8.85. The maximum atomic E-state index is 8.85. The van der Waals surface area contributed by atoms with E-state index < -0.39 is 0 Å². The van der Waals surface area contributed by atoms with Gasteiger partial charge >= 0.3 is 0 Å². The standard InChI is InChI=1S/C15H25NO4/c1-11(2)13(10-18-3)16-12-5-6-14(19-4)15(9-12)20-8-7-17/h5-6,9,11,13,16-17H,7-8,10H2,1-4H3. The van der Waals surface area contributed by atoms with E-state index in [9.17, 15) is 0 Å². The van der Waals surface area contributed by atoms with Crippen LogP contribution in [0.5, 0.6) is 11.5 Å². The largest absolute Gasteiger partial charge is 0.493 e. The topological polar surface area (TPSA) is 60.0 Å². The lowest BCUT2D eigenvalue weighted by Gasteiger charge is -2.23. The van der Waals surface area contributed by atoms with Crippen molar-refractivity contribution < 1.29 is 19.3 Å². The lowest BCUT2D eigenvalue weighted by Crippen LogP contribution is -2.30. The number of rotatable bonds is 9. The van der Waals surface area contributed by atoms with Crippen LogP contribution in [-0.4, -0.2) is 45.2 Å². The van der Waals surface area contributed by atoms with Crippen LogP contribution >= 0.6 is 0 Å². The van der Waals surface area contributed by atoms with Crippen molar-refractivity contribution in [1.29, 1.82) is 0 Å². The van der Waals surface area contributed by atoms with E-state index in [1.54, 1.807) is 14.2 Å². The summed E-state index contributed by atoms with van der Waals surface area (Å²) < 4.78 is 15.9. The molecule has 2 N–H and O–H groups in total. The third-order valence-corrected chi connectivity index (χ3v) is 3.02. The predicted octanol–water partition coefficient (Wildman–Crippen LogP) is 2.15. The Bertz CT molecular complexity index is 395. The number of aliphatic hydroxyl groups is 1. The summed E-state index contributed by atoms with van der Waals surface area (Å²) >= 11 is 0. The minimum atomic E-state index is -0.0287. The fraction of sp³-hybridized carbons (Fsp3) is 0.600. The van der Waals surface area contributed by atoms with Crippen molar-refractivity contribution in [3.05, 3.63) is 18.2 Å². The Morgan fingerprint density at radius 3 is 2.50 bits per heavy atom. The van der Waals surface area contributed by atoms with Crippen LogP contribution in [-0.2, 0) is 4.74 Å². The van der Waals surface area contributed by atoms with E-state index in [1.807, 2.05) is 18.2 Å². The molecule has 0 saturated heterocycles. The first-order valence-corrected chi connectivity index (χ1v) is 6.79. The Hall–Kier alpha value is -1.46. The zero-order chi connectivity index (χ0) is 15.0. The molecule has 5 nitrogen and oxygen atoms in total. The lowest BCUT2D eigenvalue weighted by atomic mass is 10.0. The van der Waals surface area contributed by atoms with Crippen LogP contribution in [0.4, 0.5) is 5.69 Å². The number of nitrogens with one attached hydrogen (secondary N) is 1. The molecule has 0 aliphatic rings. The zero-order valence-corrected chi connectivity index (χ0v) is 12.7. The minimum absolute atomic E-state index is 0.0287. The van der Waals surface area contributed by atoms with Gasteiger partial charge in [-0.2, -0.15) is 0 Å². The van der Waals surface area contributed by atoms with Crippen LogP contribution in [0.2, 0.25) is 0 Å². The summed E-state index contributed by atoms with van der Waals surface area (Å²) in [7, 11) is 3.29. The molecule has 1 aromatic carbocycles. The highest BCUT2D eigenvalue weighted by molar-refractivity contribution is 5.55. The number of anilines is 1. The first kappa shape index (κ1) is 16.6. The number of aliphatic hydroxyl groups excluding tert-OH is 1. The molecule has 114 valence electrons. The van der Waals surface area contributed by atoms with Gasteiger partial charge in [0, 0.05) is 18.9 Å². The van der Waals surface area contributed by atoms with Crippen LogP contribution in [0.15, 0.2) is 18.2 Å². The van der Waals surface area contributed by atoms with E-state index in [2.05, 4.69) is 19.2 Å². The van der Waals surface area contributed by atoms with Gasteiger partial charge in [-0.25, -0.2) is 0 Å². The summed E-state index contributed by atoms with van der Waals surface area (Å²) in [4.78, 5) is 0. The smallest absolute Gasteiger partial charge is 0.163 e. The fourth-order valence-electron chi connectivity index (χ4n) is 1.83. The summed E-state index contributed by atoms with van der Waals surface area (Å²) in [5.74, 6) is 1.71. The third kappa shape index (κ3) is 4.90. The first-order chi connectivity index (χ1) is 9.62. The SMILES string of the molecule is COCC(Nc1ccc(OC)c(OCCO)c1)C(C)C. The Morgan fingerprint density at radius 1 is 1.20 bits per heavy atom. The number of benzene rings is 1. The number of hydrogen-bond acceptors (Lipinski definition) is 5. The Kier molecular flexibility index (Phi) is 7.18. The second kappa shape index (κ2) is 8.66. The van der Waals surface area contributed by atoms with E-state index in [0.717, 1.165) is 5.69 Å². The van der Waals surface area contributed by atoms with Gasteiger partial charge in [0.15, 0.2) is 11.5 Å². The molecule has 0 fully saturated rings. The van der Waals surface area contributed by atoms with Crippen molar-refractivity contribution in [2.75, 3.05) is 39.4 Å². The van der Waals surface area contributed by atoms with Gasteiger partial charge in [-0.05, 0) is 18.1 Å². The van der Waals surface area contributed by atoms with E-state index in [1.165, 1.54) is 0 Å². The van der Waals surface area contributed by atoms with Crippen molar-refractivity contribution in [2.24, 2.45) is 5.92 Å². The molecule has 0 bridgehead atoms. The minimum Gasteiger partial charge on any atom is -0.493 e. The molecule has 20 heavy (non-hydrogen) atoms. The van der Waals surface area contributed by atoms with Crippen molar-refractivity contribution >= 4 is 5.69 Å². The summed E-state index contributed by atoms with van der Waals surface area (Å²) in [5.41, 5.74) is 0.939. The molecule has 1 atom stereocenters. The molecule has 0 aliphatic carbocycles. The van der Waals surface area contributed by atoms with E-state index in [-0.39, 0.29) is 19.3 Å². The van der Waals surface area contributed by atoms with Crippen molar-refractivity contribution in [1.82, 2.24) is 0 Å². The highest BCUT2D eigenvalue weighted by Gasteiger charge is 2.14. The Labute approximate surface area is 120 Å². The second-order valence-electron chi connectivity index (χ2n) is 4.89. The number of hydrogen-bond donors (Lipinski definition) is 2. The van der Waals surface area contributed by atoms with Gasteiger partial charge in [0.25, 0.3) is 0 Å². The van der Waals surface area contributed by atoms with Crippen LogP contribution < -0.4 is 14.8 Å². The van der Waals surface area contributed by atoms with E-state index in [4.69, 9.17) is 19.3 Å². The molecule has 0 saturated carbocycles. The molecule has 0 radical (unpaired) electrons. The normalized spacial score (nSPS) is 12.3. The van der Waals surface area contributed by atoms with Crippen LogP contribution in [0.1, 0.15) is 13.8 Å². The molecular formula is C15H25NO4. The van der Waals surface area contributed by atoms with Gasteiger partial charge < -0.3 is 24.6 Å². The molecular weight excluding hydrogens is 258 g/mol. The summed E-state index contributed by atoms with van der Waals surface area (Å²) in [6.45, 7) is 5.13. The zero-order valence-electron chi connectivity index (χ0n) is 12.7. The highest BCUT2D eigenvalue weighted by Crippen LogP contribution is 2.30. The molecule has 1 unspecified atom stereocenters. The number of methoxy groups -OCH3 is 2. The molecule has 1 aromatic rings. The van der Waals surface area contributed by atoms with Crippen molar-refractivity contribution in [3.63, 3.8) is 0 Å². The third-order valence-electron chi connectivity index (χ3n) is 3.02. The summed E-state index contributed by atoms with van der Waals surface area (Å²) in [5, 5.41) is 12.3. The second-order valence-corrected chi connectivity index (χ2v) is 4.89. The Morgan fingerprint density at radius 2 is 1.95 bits per heavy atom. The highest BCUT2D eigenvalue weighted by atomic mass is 16.5. The van der Waals surface area contributed by atoms with Crippen molar-refractivity contribution in [3.8, 4) is 11.5 Å². The Balaban J connectivity index is 2.83. The van der Waals surface area contributed by atoms with Crippen molar-refractivity contribution in [2.45, 2.75) is 19.9 Å². The molecule has 0 aromatic heterocycles. The average molecular weight is 283 g/mol. The average Bonchev–Trinajstić information content (AvgIpc) is 2.44. The van der Waals surface area contributed by atoms with Gasteiger partial charge in [0.2, 0.25) is 0 Å². The molecule has 0 spiro atoms. The van der Waals surface area contributed by atoms with Crippen LogP contribution in [0.3, 0.4) is 0 Å². The van der Waals surface area contributed by atoms with Gasteiger partial charge in [-0.1, -0.05) is 13.8 Å².